The zero-order chi connectivity index (χ0) is 23.5. The van der Waals surface area contributed by atoms with Gasteiger partial charge in [-0.15, -0.1) is 0 Å². The summed E-state index contributed by atoms with van der Waals surface area (Å²) < 4.78 is 5.64. The first-order chi connectivity index (χ1) is 15.8. The number of carbonyl (C=O) groups is 1. The van der Waals surface area contributed by atoms with Gasteiger partial charge in [-0.3, -0.25) is 4.79 Å². The molecule has 0 radical (unpaired) electrons. The van der Waals surface area contributed by atoms with Crippen LogP contribution in [0.1, 0.15) is 175 Å². The molecule has 0 spiro atoms. The van der Waals surface area contributed by atoms with Crippen molar-refractivity contribution in [2.75, 3.05) is 6.61 Å². The highest BCUT2D eigenvalue weighted by Crippen LogP contribution is 2.19. The third-order valence-electron chi connectivity index (χ3n) is 6.89. The van der Waals surface area contributed by atoms with Crippen molar-refractivity contribution in [3.8, 4) is 0 Å². The molecule has 192 valence electrons. The monoisotopic (exact) mass is 452 g/mol. The lowest BCUT2D eigenvalue weighted by atomic mass is 9.95. The maximum absolute atomic E-state index is 12.5. The van der Waals surface area contributed by atoms with Gasteiger partial charge in [-0.05, 0) is 19.3 Å². The Hall–Kier alpha value is -0.530. The summed E-state index contributed by atoms with van der Waals surface area (Å²) in [5.74, 6) is 0.226. The number of hydrogen-bond acceptors (Lipinski definition) is 2. The van der Waals surface area contributed by atoms with Crippen molar-refractivity contribution < 1.29 is 9.53 Å². The fourth-order valence-corrected chi connectivity index (χ4v) is 4.59. The molecule has 0 aromatic heterocycles. The van der Waals surface area contributed by atoms with Gasteiger partial charge in [0.15, 0.2) is 0 Å². The second-order valence-corrected chi connectivity index (χ2v) is 10.2. The predicted octanol–water partition coefficient (Wildman–Crippen LogP) is 10.6. The molecule has 0 saturated carbocycles. The van der Waals surface area contributed by atoms with Crippen molar-refractivity contribution in [3.05, 3.63) is 0 Å². The number of rotatable bonds is 26. The Kier molecular flexibility index (Phi) is 26.3. The fourth-order valence-electron chi connectivity index (χ4n) is 4.59. The smallest absolute Gasteiger partial charge is 0.308 e. The quantitative estimate of drug-likeness (QED) is 0.0963. The summed E-state index contributed by atoms with van der Waals surface area (Å²) in [6, 6.07) is 0. The molecule has 0 saturated heterocycles. The molecule has 0 aliphatic heterocycles. The van der Waals surface area contributed by atoms with E-state index in [-0.39, 0.29) is 11.9 Å². The van der Waals surface area contributed by atoms with Crippen molar-refractivity contribution >= 4 is 5.97 Å². The lowest BCUT2D eigenvalue weighted by Crippen LogP contribution is -2.18. The molecule has 0 amide bonds. The summed E-state index contributed by atoms with van der Waals surface area (Å²) in [6.45, 7) is 7.36. The molecule has 0 bridgehead atoms. The van der Waals surface area contributed by atoms with Gasteiger partial charge in [0.25, 0.3) is 0 Å². The number of carbonyl (C=O) groups excluding carboxylic acids is 1. The average molecular weight is 453 g/mol. The molecule has 0 aromatic rings. The second kappa shape index (κ2) is 26.7. The number of unbranched alkanes of at least 4 members (excludes halogenated alkanes) is 19. The zero-order valence-electron chi connectivity index (χ0n) is 22.6. The minimum absolute atomic E-state index is 0.0795. The van der Waals surface area contributed by atoms with Gasteiger partial charge in [-0.2, -0.15) is 0 Å². The van der Waals surface area contributed by atoms with Crippen molar-refractivity contribution in [1.29, 1.82) is 0 Å². The largest absolute Gasteiger partial charge is 0.465 e. The van der Waals surface area contributed by atoms with Crippen molar-refractivity contribution in [3.63, 3.8) is 0 Å². The average Bonchev–Trinajstić information content (AvgIpc) is 2.80. The molecule has 0 rings (SSSR count). The van der Waals surface area contributed by atoms with Gasteiger partial charge in [0.05, 0.1) is 12.5 Å². The van der Waals surface area contributed by atoms with Gasteiger partial charge in [-0.1, -0.05) is 156 Å². The van der Waals surface area contributed by atoms with Crippen molar-refractivity contribution in [2.45, 2.75) is 175 Å². The Morgan fingerprint density at radius 3 is 1.25 bits per heavy atom. The highest BCUT2D eigenvalue weighted by molar-refractivity contribution is 5.72. The minimum Gasteiger partial charge on any atom is -0.465 e. The van der Waals surface area contributed by atoms with E-state index < -0.39 is 0 Å². The third-order valence-corrected chi connectivity index (χ3v) is 6.89. The first-order valence-electron chi connectivity index (χ1n) is 14.9. The lowest BCUT2D eigenvalue weighted by Gasteiger charge is -2.15. The van der Waals surface area contributed by atoms with Gasteiger partial charge >= 0.3 is 5.97 Å². The molecular weight excluding hydrogens is 392 g/mol. The van der Waals surface area contributed by atoms with E-state index in [1.165, 1.54) is 122 Å². The van der Waals surface area contributed by atoms with E-state index in [4.69, 9.17) is 4.74 Å². The Bertz CT molecular complexity index is 366. The SMILES string of the molecule is CCCCCCCCCCCCCCCCCCOC(=O)C(CCCC)CCCCCC. The van der Waals surface area contributed by atoms with Crippen LogP contribution in [0.15, 0.2) is 0 Å². The van der Waals surface area contributed by atoms with Gasteiger partial charge in [0.1, 0.15) is 0 Å². The minimum atomic E-state index is 0.0795. The normalized spacial score (nSPS) is 12.2. The molecule has 1 unspecified atom stereocenters. The standard InChI is InChI=1S/C30H60O2/c1-4-7-10-12-13-14-15-16-17-18-19-20-21-22-23-25-28-32-30(31)29(26-9-6-3)27-24-11-8-5-2/h29H,4-28H2,1-3H3. The summed E-state index contributed by atoms with van der Waals surface area (Å²) in [5.41, 5.74) is 0. The van der Waals surface area contributed by atoms with Crippen molar-refractivity contribution in [2.24, 2.45) is 5.92 Å². The van der Waals surface area contributed by atoms with Crippen LogP contribution in [-0.2, 0) is 9.53 Å². The number of esters is 1. The van der Waals surface area contributed by atoms with Crippen LogP contribution in [0, 0.1) is 5.92 Å². The van der Waals surface area contributed by atoms with Gasteiger partial charge in [0.2, 0.25) is 0 Å². The van der Waals surface area contributed by atoms with E-state index in [1.807, 2.05) is 0 Å². The Morgan fingerprint density at radius 2 is 0.812 bits per heavy atom. The van der Waals surface area contributed by atoms with E-state index >= 15 is 0 Å². The predicted molar refractivity (Wildman–Crippen MR) is 142 cm³/mol. The maximum Gasteiger partial charge on any atom is 0.308 e. The highest BCUT2D eigenvalue weighted by Gasteiger charge is 2.18. The van der Waals surface area contributed by atoms with Crippen LogP contribution >= 0.6 is 0 Å². The van der Waals surface area contributed by atoms with Crippen LogP contribution < -0.4 is 0 Å². The molecule has 0 aliphatic carbocycles. The summed E-state index contributed by atoms with van der Waals surface area (Å²) >= 11 is 0. The number of ether oxygens (including phenoxy) is 1. The molecule has 32 heavy (non-hydrogen) atoms. The Balaban J connectivity index is 3.46. The van der Waals surface area contributed by atoms with E-state index in [0.717, 1.165) is 32.1 Å². The van der Waals surface area contributed by atoms with E-state index in [0.29, 0.717) is 6.61 Å². The number of hydrogen-bond donors (Lipinski definition) is 0. The van der Waals surface area contributed by atoms with Gasteiger partial charge in [-0.25, -0.2) is 0 Å². The molecule has 0 aliphatic rings. The molecule has 0 aromatic carbocycles. The molecule has 2 nitrogen and oxygen atoms in total. The maximum atomic E-state index is 12.5. The first-order valence-corrected chi connectivity index (χ1v) is 14.9. The zero-order valence-corrected chi connectivity index (χ0v) is 22.6. The Labute approximate surface area is 203 Å². The third kappa shape index (κ3) is 22.7. The van der Waals surface area contributed by atoms with Gasteiger partial charge in [0, 0.05) is 0 Å². The molecule has 0 fully saturated rings. The van der Waals surface area contributed by atoms with Crippen LogP contribution in [0.2, 0.25) is 0 Å². The lowest BCUT2D eigenvalue weighted by molar-refractivity contribution is -0.149. The topological polar surface area (TPSA) is 26.3 Å². The summed E-state index contributed by atoms with van der Waals surface area (Å²) in [5, 5.41) is 0. The summed E-state index contributed by atoms with van der Waals surface area (Å²) in [6.07, 6.45) is 31.3. The Morgan fingerprint density at radius 1 is 0.469 bits per heavy atom. The van der Waals surface area contributed by atoms with Crippen LogP contribution in [0.25, 0.3) is 0 Å². The fraction of sp³-hybridized carbons (Fsp3) is 0.967. The summed E-state index contributed by atoms with van der Waals surface area (Å²) in [7, 11) is 0. The van der Waals surface area contributed by atoms with Crippen LogP contribution in [-0.4, -0.2) is 12.6 Å². The van der Waals surface area contributed by atoms with Crippen molar-refractivity contribution in [1.82, 2.24) is 0 Å². The molecular formula is C30H60O2. The van der Waals surface area contributed by atoms with E-state index in [1.54, 1.807) is 0 Å². The molecule has 2 heteroatoms. The van der Waals surface area contributed by atoms with E-state index in [2.05, 4.69) is 20.8 Å². The highest BCUT2D eigenvalue weighted by atomic mass is 16.5. The van der Waals surface area contributed by atoms with Crippen LogP contribution in [0.4, 0.5) is 0 Å². The van der Waals surface area contributed by atoms with Crippen LogP contribution in [0.3, 0.4) is 0 Å². The van der Waals surface area contributed by atoms with E-state index in [9.17, 15) is 4.79 Å². The van der Waals surface area contributed by atoms with Gasteiger partial charge < -0.3 is 4.74 Å². The second-order valence-electron chi connectivity index (χ2n) is 10.2. The molecule has 0 N–H and O–H groups in total. The first kappa shape index (κ1) is 31.5. The summed E-state index contributed by atoms with van der Waals surface area (Å²) in [4.78, 5) is 12.5. The van der Waals surface area contributed by atoms with Crippen LogP contribution in [0.5, 0.6) is 0 Å². The molecule has 0 heterocycles. The molecule has 1 atom stereocenters.